The molecular formula is C21H20N2O3. The Kier molecular flexibility index (Phi) is 5.55. The molecule has 0 heterocycles. The van der Waals surface area contributed by atoms with Crippen molar-refractivity contribution in [2.45, 2.75) is 25.5 Å². The first-order valence-corrected chi connectivity index (χ1v) is 8.47. The van der Waals surface area contributed by atoms with E-state index >= 15 is 0 Å². The minimum absolute atomic E-state index is 0.0797. The van der Waals surface area contributed by atoms with Gasteiger partial charge in [0.15, 0.2) is 11.5 Å². The van der Waals surface area contributed by atoms with Gasteiger partial charge in [0.05, 0.1) is 7.11 Å². The van der Waals surface area contributed by atoms with Crippen LogP contribution in [0, 0.1) is 11.3 Å². The Morgan fingerprint density at radius 2 is 2.00 bits per heavy atom. The summed E-state index contributed by atoms with van der Waals surface area (Å²) in [4.78, 5) is 12.1. The zero-order valence-corrected chi connectivity index (χ0v) is 14.6. The molecule has 1 aliphatic rings. The number of nitriles is 1. The van der Waals surface area contributed by atoms with Gasteiger partial charge in [-0.3, -0.25) is 4.79 Å². The fourth-order valence-electron chi connectivity index (χ4n) is 2.44. The van der Waals surface area contributed by atoms with Crippen LogP contribution in [-0.4, -0.2) is 19.1 Å². The summed E-state index contributed by atoms with van der Waals surface area (Å²) in [6.45, 7) is 0.400. The molecule has 0 spiro atoms. The number of nitrogens with one attached hydrogen (secondary N) is 1. The summed E-state index contributed by atoms with van der Waals surface area (Å²) in [5, 5.41) is 12.1. The van der Waals surface area contributed by atoms with Crippen LogP contribution in [0.1, 0.15) is 24.0 Å². The molecule has 2 aromatic rings. The lowest BCUT2D eigenvalue weighted by Crippen LogP contribution is -2.26. The zero-order valence-electron chi connectivity index (χ0n) is 14.6. The summed E-state index contributed by atoms with van der Waals surface area (Å²) in [5.41, 5.74) is 1.82. The molecule has 0 aromatic heterocycles. The first kappa shape index (κ1) is 17.6. The number of methoxy groups -OCH3 is 1. The molecule has 1 saturated carbocycles. The number of hydrogen-bond donors (Lipinski definition) is 1. The summed E-state index contributed by atoms with van der Waals surface area (Å²) in [6, 6.07) is 17.3. The molecular weight excluding hydrogens is 328 g/mol. The molecule has 0 bridgehead atoms. The fraction of sp³-hybridized carbons (Fsp3) is 0.238. The minimum Gasteiger partial charge on any atom is -0.493 e. The lowest BCUT2D eigenvalue weighted by molar-refractivity contribution is -0.117. The van der Waals surface area contributed by atoms with Crippen LogP contribution in [0.4, 0.5) is 0 Å². The van der Waals surface area contributed by atoms with Crippen LogP contribution in [0.3, 0.4) is 0 Å². The third-order valence-electron chi connectivity index (χ3n) is 4.01. The van der Waals surface area contributed by atoms with Gasteiger partial charge in [-0.15, -0.1) is 0 Å². The van der Waals surface area contributed by atoms with Crippen molar-refractivity contribution in [3.8, 4) is 17.6 Å². The first-order chi connectivity index (χ1) is 12.7. The molecule has 0 aliphatic heterocycles. The highest BCUT2D eigenvalue weighted by molar-refractivity contribution is 6.02. The number of hydrogen-bond acceptors (Lipinski definition) is 4. The molecule has 2 aromatic carbocycles. The molecule has 26 heavy (non-hydrogen) atoms. The van der Waals surface area contributed by atoms with Crippen LogP contribution in [0.2, 0.25) is 0 Å². The molecule has 5 nitrogen and oxygen atoms in total. The van der Waals surface area contributed by atoms with E-state index in [9.17, 15) is 10.1 Å². The van der Waals surface area contributed by atoms with Gasteiger partial charge in [-0.25, -0.2) is 0 Å². The number of nitrogens with zero attached hydrogens (tertiary/aromatic N) is 1. The SMILES string of the molecule is COc1ccc(/C=C(\C#N)C(=O)NC2CC2)cc1OCc1ccccc1. The molecule has 0 atom stereocenters. The summed E-state index contributed by atoms with van der Waals surface area (Å²) < 4.78 is 11.2. The average Bonchev–Trinajstić information content (AvgIpc) is 3.49. The molecule has 3 rings (SSSR count). The molecule has 1 aliphatic carbocycles. The third kappa shape index (κ3) is 4.64. The Labute approximate surface area is 152 Å². The van der Waals surface area contributed by atoms with E-state index in [4.69, 9.17) is 9.47 Å². The Balaban J connectivity index is 1.78. The van der Waals surface area contributed by atoms with E-state index in [-0.39, 0.29) is 17.5 Å². The van der Waals surface area contributed by atoms with E-state index in [1.54, 1.807) is 31.4 Å². The molecule has 0 radical (unpaired) electrons. The third-order valence-corrected chi connectivity index (χ3v) is 4.01. The second kappa shape index (κ2) is 8.21. The van der Waals surface area contributed by atoms with Crippen molar-refractivity contribution in [3.63, 3.8) is 0 Å². The van der Waals surface area contributed by atoms with Crippen LogP contribution in [0.5, 0.6) is 11.5 Å². The van der Waals surface area contributed by atoms with Crippen molar-refractivity contribution in [1.29, 1.82) is 5.26 Å². The fourth-order valence-corrected chi connectivity index (χ4v) is 2.44. The van der Waals surface area contributed by atoms with Crippen molar-refractivity contribution in [3.05, 3.63) is 65.2 Å². The van der Waals surface area contributed by atoms with E-state index < -0.39 is 0 Å². The largest absolute Gasteiger partial charge is 0.493 e. The lowest BCUT2D eigenvalue weighted by Gasteiger charge is -2.12. The number of rotatable bonds is 7. The minimum atomic E-state index is -0.336. The quantitative estimate of drug-likeness (QED) is 0.614. The molecule has 1 N–H and O–H groups in total. The van der Waals surface area contributed by atoms with Gasteiger partial charge in [0.1, 0.15) is 18.2 Å². The highest BCUT2D eigenvalue weighted by Gasteiger charge is 2.24. The van der Waals surface area contributed by atoms with Gasteiger partial charge >= 0.3 is 0 Å². The molecule has 0 unspecified atom stereocenters. The van der Waals surface area contributed by atoms with E-state index in [0.29, 0.717) is 23.7 Å². The van der Waals surface area contributed by atoms with Crippen LogP contribution < -0.4 is 14.8 Å². The maximum Gasteiger partial charge on any atom is 0.262 e. The van der Waals surface area contributed by atoms with Crippen LogP contribution >= 0.6 is 0 Å². The predicted molar refractivity (Wildman–Crippen MR) is 98.5 cm³/mol. The van der Waals surface area contributed by atoms with E-state index in [0.717, 1.165) is 18.4 Å². The molecule has 0 saturated heterocycles. The van der Waals surface area contributed by atoms with Gasteiger partial charge in [-0.05, 0) is 42.2 Å². The Bertz CT molecular complexity index is 849. The predicted octanol–water partition coefficient (Wildman–Crippen LogP) is 3.46. The number of amides is 1. The van der Waals surface area contributed by atoms with Crippen LogP contribution in [0.15, 0.2) is 54.1 Å². The van der Waals surface area contributed by atoms with E-state index in [2.05, 4.69) is 5.32 Å². The second-order valence-corrected chi connectivity index (χ2v) is 6.10. The van der Waals surface area contributed by atoms with Gasteiger partial charge < -0.3 is 14.8 Å². The van der Waals surface area contributed by atoms with Gasteiger partial charge in [-0.2, -0.15) is 5.26 Å². The molecule has 5 heteroatoms. The highest BCUT2D eigenvalue weighted by atomic mass is 16.5. The highest BCUT2D eigenvalue weighted by Crippen LogP contribution is 2.30. The Hall–Kier alpha value is -3.26. The van der Waals surface area contributed by atoms with Gasteiger partial charge in [0, 0.05) is 6.04 Å². The van der Waals surface area contributed by atoms with E-state index in [1.165, 1.54) is 0 Å². The number of carbonyl (C=O) groups is 1. The van der Waals surface area contributed by atoms with E-state index in [1.807, 2.05) is 36.4 Å². The maximum atomic E-state index is 12.1. The second-order valence-electron chi connectivity index (χ2n) is 6.10. The average molecular weight is 348 g/mol. The maximum absolute atomic E-state index is 12.1. The van der Waals surface area contributed by atoms with Crippen molar-refractivity contribution >= 4 is 12.0 Å². The van der Waals surface area contributed by atoms with Crippen molar-refractivity contribution in [2.75, 3.05) is 7.11 Å². The lowest BCUT2D eigenvalue weighted by atomic mass is 10.1. The van der Waals surface area contributed by atoms with Crippen molar-refractivity contribution in [1.82, 2.24) is 5.32 Å². The summed E-state index contributed by atoms with van der Waals surface area (Å²) in [6.07, 6.45) is 3.52. The normalized spacial score (nSPS) is 13.6. The van der Waals surface area contributed by atoms with Crippen LogP contribution in [0.25, 0.3) is 6.08 Å². The van der Waals surface area contributed by atoms with Crippen molar-refractivity contribution in [2.24, 2.45) is 0 Å². The van der Waals surface area contributed by atoms with Crippen molar-refractivity contribution < 1.29 is 14.3 Å². The Morgan fingerprint density at radius 1 is 1.23 bits per heavy atom. The monoisotopic (exact) mass is 348 g/mol. The number of benzene rings is 2. The smallest absolute Gasteiger partial charge is 0.262 e. The summed E-state index contributed by atoms with van der Waals surface area (Å²) in [5.74, 6) is 0.821. The summed E-state index contributed by atoms with van der Waals surface area (Å²) >= 11 is 0. The van der Waals surface area contributed by atoms with Crippen LogP contribution in [-0.2, 0) is 11.4 Å². The molecule has 1 fully saturated rings. The Morgan fingerprint density at radius 3 is 2.65 bits per heavy atom. The first-order valence-electron chi connectivity index (χ1n) is 8.47. The summed E-state index contributed by atoms with van der Waals surface area (Å²) in [7, 11) is 1.57. The molecule has 1 amide bonds. The van der Waals surface area contributed by atoms with Gasteiger partial charge in [-0.1, -0.05) is 36.4 Å². The van der Waals surface area contributed by atoms with Gasteiger partial charge in [0.2, 0.25) is 0 Å². The zero-order chi connectivity index (χ0) is 18.4. The number of ether oxygens (including phenoxy) is 2. The topological polar surface area (TPSA) is 71.3 Å². The number of carbonyl (C=O) groups excluding carboxylic acids is 1. The standard InChI is InChI=1S/C21H20N2O3/c1-25-19-10-7-16(11-17(13-22)21(24)23-18-8-9-18)12-20(19)26-14-15-5-3-2-4-6-15/h2-7,10-12,18H,8-9,14H2,1H3,(H,23,24)/b17-11+. The van der Waals surface area contributed by atoms with Gasteiger partial charge in [0.25, 0.3) is 5.91 Å². The molecule has 132 valence electrons.